The summed E-state index contributed by atoms with van der Waals surface area (Å²) in [7, 11) is 7.36. The summed E-state index contributed by atoms with van der Waals surface area (Å²) in [6.45, 7) is 11.9. The maximum atomic E-state index is 9.21. The van der Waals surface area contributed by atoms with Crippen molar-refractivity contribution in [1.82, 2.24) is 0 Å². The molecule has 0 rings (SSSR count). The molecule has 0 atom stereocenters. The first-order valence-corrected chi connectivity index (χ1v) is 14.3. The van der Waals surface area contributed by atoms with E-state index < -0.39 is 39.1 Å². The van der Waals surface area contributed by atoms with Crippen molar-refractivity contribution < 1.29 is 77.7 Å². The maximum Gasteiger partial charge on any atom is 0.300 e. The Morgan fingerprint density at radius 3 is 0.341 bits per heavy atom. The molecular formula is C20H35Cl7O16S. The summed E-state index contributed by atoms with van der Waals surface area (Å²) in [5.74, 6) is -4.17. The van der Waals surface area contributed by atoms with Crippen LogP contribution in [0, 0.1) is 0 Å². The normalized spacial score (nSPS) is 6.59. The number of carboxylic acid groups (broad SMARTS) is 5. The van der Waals surface area contributed by atoms with Gasteiger partial charge in [-0.15, -0.1) is 0 Å². The number of carboxylic acids is 5. The van der Waals surface area contributed by atoms with Gasteiger partial charge in [-0.3, -0.25) is 47.9 Å². The molecule has 16 nitrogen and oxygen atoms in total. The van der Waals surface area contributed by atoms with Crippen LogP contribution in [0.25, 0.3) is 0 Å². The van der Waals surface area contributed by atoms with E-state index in [2.05, 4.69) is 79.4 Å². The smallest absolute Gasteiger partial charge is 0.300 e. The average molecular weight is 812 g/mol. The lowest BCUT2D eigenvalue weighted by atomic mass is 10.9. The Morgan fingerprint density at radius 2 is 0.341 bits per heavy atom. The number of carbonyl (C=O) groups is 10. The lowest BCUT2D eigenvalue weighted by Gasteiger charge is -1.59. The van der Waals surface area contributed by atoms with E-state index in [0.29, 0.717) is 0 Å². The van der Waals surface area contributed by atoms with Crippen molar-refractivity contribution in [1.29, 1.82) is 0 Å². The molecule has 0 fully saturated rings. The van der Waals surface area contributed by atoms with Gasteiger partial charge in [-0.05, 0) is 58.0 Å². The number of hydrogen-bond donors (Lipinski definition) is 5. The maximum absolute atomic E-state index is 9.21. The first-order valence-electron chi connectivity index (χ1n) is 9.58. The van der Waals surface area contributed by atoms with E-state index in [1.165, 1.54) is 34.6 Å². The monoisotopic (exact) mass is 808 g/mol. The molecule has 44 heavy (non-hydrogen) atoms. The highest BCUT2D eigenvalue weighted by atomic mass is 36.0. The molecule has 0 bridgehead atoms. The second-order valence-corrected chi connectivity index (χ2v) is 10.3. The van der Waals surface area contributed by atoms with Gasteiger partial charge >= 0.3 is 0 Å². The number of aliphatic carboxylic acids is 5. The Hall–Kier alpha value is -2.12. The molecule has 266 valence electrons. The third-order valence-electron chi connectivity index (χ3n) is 0. The summed E-state index contributed by atoms with van der Waals surface area (Å²) in [6, 6.07) is 0. The molecule has 0 unspecified atom stereocenters. The Kier molecular flexibility index (Phi) is 114. The highest BCUT2D eigenvalue weighted by Crippen LogP contribution is 1.89. The minimum atomic E-state index is -1.67. The number of carbonyl (C=O) groups excluding carboxylic acids is 5. The molecule has 5 N–H and O–H groups in total. The van der Waals surface area contributed by atoms with Crippen LogP contribution in [0.5, 0.6) is 0 Å². The van der Waals surface area contributed by atoms with E-state index in [0.717, 1.165) is 34.6 Å². The van der Waals surface area contributed by atoms with Crippen LogP contribution < -0.4 is 0 Å². The van der Waals surface area contributed by atoms with Crippen LogP contribution in [0.1, 0.15) is 69.2 Å². The fourth-order valence-corrected chi connectivity index (χ4v) is 0. The van der Waals surface area contributed by atoms with Crippen LogP contribution in [-0.2, 0) is 57.2 Å². The van der Waals surface area contributed by atoms with Crippen molar-refractivity contribution >= 4 is 145 Å². The zero-order chi connectivity index (χ0) is 39.4. The molecular weight excluding hydrogens is 776 g/mol. The molecule has 0 saturated carbocycles. The molecule has 0 aromatic rings. The van der Waals surface area contributed by atoms with Gasteiger partial charge in [-0.1, -0.05) is 0 Å². The van der Waals surface area contributed by atoms with Crippen LogP contribution in [0.3, 0.4) is 0 Å². The van der Waals surface area contributed by atoms with Crippen molar-refractivity contribution in [2.24, 2.45) is 0 Å². The van der Waals surface area contributed by atoms with E-state index in [4.69, 9.17) is 53.7 Å². The summed E-state index contributed by atoms with van der Waals surface area (Å²) in [6.07, 6.45) is 0. The molecule has 0 aromatic carbocycles. The van der Waals surface area contributed by atoms with E-state index >= 15 is 0 Å². The largest absolute Gasteiger partial charge is 0.481 e. The van der Waals surface area contributed by atoms with Gasteiger partial charge in [0, 0.05) is 90.6 Å². The van der Waals surface area contributed by atoms with Crippen LogP contribution in [-0.4, -0.2) is 85.8 Å². The summed E-state index contributed by atoms with van der Waals surface area (Å²) < 4.78 is 9.09. The summed E-state index contributed by atoms with van der Waals surface area (Å²) in [5.41, 5.74) is 0. The predicted molar refractivity (Wildman–Crippen MR) is 169 cm³/mol. The van der Waals surface area contributed by atoms with E-state index in [-0.39, 0.29) is 26.2 Å². The van der Waals surface area contributed by atoms with E-state index in [1.54, 1.807) is 0 Å². The Bertz CT molecular complexity index is 552. The van der Waals surface area contributed by atoms with Gasteiger partial charge in [-0.25, -0.2) is 4.21 Å². The molecule has 0 heterocycles. The van der Waals surface area contributed by atoms with Crippen molar-refractivity contribution in [2.45, 2.75) is 69.2 Å². The zero-order valence-electron chi connectivity index (χ0n) is 24.8. The molecule has 0 aliphatic heterocycles. The van der Waals surface area contributed by atoms with Crippen LogP contribution >= 0.6 is 79.4 Å². The van der Waals surface area contributed by atoms with Gasteiger partial charge in [0.2, 0.25) is 35.4 Å². The van der Waals surface area contributed by atoms with Gasteiger partial charge in [0.25, 0.3) is 29.8 Å². The lowest BCUT2D eigenvalue weighted by Crippen LogP contribution is -1.78. The highest BCUT2D eigenvalue weighted by Gasteiger charge is 1.70. The minimum absolute atomic E-state index is 0.361. The molecule has 0 spiro atoms. The number of hydrogen-bond acceptors (Lipinski definition) is 11. The van der Waals surface area contributed by atoms with E-state index in [1.807, 2.05) is 0 Å². The quantitative estimate of drug-likeness (QED) is 0.193. The topological polar surface area (TPSA) is 289 Å². The molecule has 0 amide bonds. The average Bonchev–Trinajstić information content (AvgIpc) is 2.55. The molecule has 24 heteroatoms. The standard InChI is InChI=1S/5C2H3ClO.5C2H4O2.Cl2OS/c10*1-2(3)4;1-4(2)3/h5*1H3;5*1H3,(H,3,4);. The van der Waals surface area contributed by atoms with Crippen LogP contribution in [0.15, 0.2) is 0 Å². The fourth-order valence-electron chi connectivity index (χ4n) is 0. The van der Waals surface area contributed by atoms with Crippen molar-refractivity contribution in [2.75, 3.05) is 0 Å². The fraction of sp³-hybridized carbons (Fsp3) is 0.500. The molecule has 0 aliphatic carbocycles. The van der Waals surface area contributed by atoms with Gasteiger partial charge in [0.1, 0.15) is 0 Å². The summed E-state index contributed by atoms with van der Waals surface area (Å²) >= 11 is 23.2. The summed E-state index contributed by atoms with van der Waals surface area (Å²) in [5, 5.41) is 35.3. The first kappa shape index (κ1) is 73.4. The number of rotatable bonds is 0. The van der Waals surface area contributed by atoms with Crippen molar-refractivity contribution in [3.05, 3.63) is 0 Å². The zero-order valence-corrected chi connectivity index (χ0v) is 30.9. The SMILES string of the molecule is CC(=O)Cl.CC(=O)Cl.CC(=O)Cl.CC(=O)Cl.CC(=O)Cl.CC(=O)O.CC(=O)O.CC(=O)O.CC(=O)O.CC(=O)O.O=S(Cl)Cl. The molecule has 0 radical (unpaired) electrons. The van der Waals surface area contributed by atoms with Crippen molar-refractivity contribution in [3.8, 4) is 0 Å². The van der Waals surface area contributed by atoms with Crippen LogP contribution in [0.2, 0.25) is 0 Å². The molecule has 0 saturated heterocycles. The Balaban J connectivity index is -0.0000000302. The third-order valence-corrected chi connectivity index (χ3v) is 0. The second kappa shape index (κ2) is 68.2. The minimum Gasteiger partial charge on any atom is -0.481 e. The summed E-state index contributed by atoms with van der Waals surface area (Å²) in [4.78, 5) is 91.0. The van der Waals surface area contributed by atoms with E-state index in [9.17, 15) is 24.0 Å². The highest BCUT2D eigenvalue weighted by molar-refractivity contribution is 8.26. The number of halogens is 7. The molecule has 0 aliphatic rings. The van der Waals surface area contributed by atoms with Gasteiger partial charge in [-0.2, -0.15) is 0 Å². The first-order chi connectivity index (χ1) is 19.1. The third kappa shape index (κ3) is 13400. The lowest BCUT2D eigenvalue weighted by molar-refractivity contribution is -0.135. The van der Waals surface area contributed by atoms with Gasteiger partial charge < -0.3 is 25.5 Å². The molecule has 0 aromatic heterocycles. The van der Waals surface area contributed by atoms with Gasteiger partial charge in [0.05, 0.1) is 0 Å². The second-order valence-electron chi connectivity index (χ2n) is 5.13. The predicted octanol–water partition coefficient (Wildman–Crippen LogP) is 5.36. The van der Waals surface area contributed by atoms with Crippen molar-refractivity contribution in [3.63, 3.8) is 0 Å². The Morgan fingerprint density at radius 1 is 0.341 bits per heavy atom. The van der Waals surface area contributed by atoms with Crippen LogP contribution in [0.4, 0.5) is 0 Å². The Labute approximate surface area is 290 Å². The van der Waals surface area contributed by atoms with Gasteiger partial charge in [0.15, 0.2) is 0 Å².